The number of hydrogen-bond donors (Lipinski definition) is 0. The average Bonchev–Trinajstić information content (AvgIpc) is 2.11. The van der Waals surface area contributed by atoms with Gasteiger partial charge < -0.3 is 0 Å². The zero-order chi connectivity index (χ0) is 11.6. The SMILES string of the molecule is CC(=O)/C=C(\C)c1c(Cl)ccc(F)c1Cl. The maximum atomic E-state index is 13.2. The van der Waals surface area contributed by atoms with Gasteiger partial charge in [-0.15, -0.1) is 0 Å². The van der Waals surface area contributed by atoms with Crippen LogP contribution in [0.2, 0.25) is 10.0 Å². The predicted octanol–water partition coefficient (Wildman–Crippen LogP) is 4.12. The van der Waals surface area contributed by atoms with Crippen LogP contribution >= 0.6 is 23.2 Å². The highest BCUT2D eigenvalue weighted by Crippen LogP contribution is 2.32. The molecule has 0 spiro atoms. The second kappa shape index (κ2) is 4.77. The quantitative estimate of drug-likeness (QED) is 0.567. The number of rotatable bonds is 2. The van der Waals surface area contributed by atoms with Crippen LogP contribution in [0.4, 0.5) is 4.39 Å². The molecule has 0 aromatic heterocycles. The Bertz CT molecular complexity index is 438. The summed E-state index contributed by atoms with van der Waals surface area (Å²) in [5.74, 6) is -0.684. The third-order valence-corrected chi connectivity index (χ3v) is 2.54. The molecule has 0 fully saturated rings. The van der Waals surface area contributed by atoms with Gasteiger partial charge >= 0.3 is 0 Å². The Hall–Kier alpha value is -0.860. The molecule has 1 rings (SSSR count). The first-order valence-corrected chi connectivity index (χ1v) is 5.02. The lowest BCUT2D eigenvalue weighted by molar-refractivity contribution is -0.112. The van der Waals surface area contributed by atoms with Gasteiger partial charge in [-0.1, -0.05) is 23.2 Å². The van der Waals surface area contributed by atoms with Crippen molar-refractivity contribution in [3.63, 3.8) is 0 Å². The molecule has 4 heteroatoms. The zero-order valence-corrected chi connectivity index (χ0v) is 9.79. The Morgan fingerprint density at radius 1 is 1.33 bits per heavy atom. The van der Waals surface area contributed by atoms with Crippen molar-refractivity contribution in [1.29, 1.82) is 0 Å². The van der Waals surface area contributed by atoms with E-state index in [-0.39, 0.29) is 10.8 Å². The highest BCUT2D eigenvalue weighted by molar-refractivity contribution is 6.37. The standard InChI is InChI=1S/C11H9Cl2FO/c1-6(5-7(2)15)10-8(12)3-4-9(14)11(10)13/h3-5H,1-2H3/b6-5+. The molecule has 0 aliphatic rings. The van der Waals surface area contributed by atoms with Crippen molar-refractivity contribution < 1.29 is 9.18 Å². The highest BCUT2D eigenvalue weighted by atomic mass is 35.5. The summed E-state index contributed by atoms with van der Waals surface area (Å²) in [5, 5.41) is 0.272. The summed E-state index contributed by atoms with van der Waals surface area (Å²) in [6, 6.07) is 2.60. The van der Waals surface area contributed by atoms with Crippen molar-refractivity contribution in [3.8, 4) is 0 Å². The first-order valence-electron chi connectivity index (χ1n) is 4.26. The van der Waals surface area contributed by atoms with E-state index in [1.165, 1.54) is 25.1 Å². The van der Waals surface area contributed by atoms with E-state index in [0.29, 0.717) is 16.2 Å². The Morgan fingerprint density at radius 2 is 1.93 bits per heavy atom. The summed E-state index contributed by atoms with van der Waals surface area (Å²) in [6.07, 6.45) is 1.37. The van der Waals surface area contributed by atoms with Crippen LogP contribution in [0.1, 0.15) is 19.4 Å². The fourth-order valence-corrected chi connectivity index (χ4v) is 1.93. The summed E-state index contributed by atoms with van der Waals surface area (Å²) in [7, 11) is 0. The summed E-state index contributed by atoms with van der Waals surface area (Å²) in [6.45, 7) is 3.07. The summed E-state index contributed by atoms with van der Waals surface area (Å²) in [4.78, 5) is 10.9. The lowest BCUT2D eigenvalue weighted by Gasteiger charge is -2.07. The molecule has 0 radical (unpaired) electrons. The lowest BCUT2D eigenvalue weighted by atomic mass is 10.1. The van der Waals surface area contributed by atoms with Crippen molar-refractivity contribution in [3.05, 3.63) is 39.6 Å². The van der Waals surface area contributed by atoms with E-state index < -0.39 is 5.82 Å². The van der Waals surface area contributed by atoms with E-state index in [0.717, 1.165) is 0 Å². The molecule has 15 heavy (non-hydrogen) atoms. The molecule has 0 amide bonds. The van der Waals surface area contributed by atoms with Crippen molar-refractivity contribution in [2.24, 2.45) is 0 Å². The van der Waals surface area contributed by atoms with Crippen LogP contribution in [0.3, 0.4) is 0 Å². The number of carbonyl (C=O) groups is 1. The van der Waals surface area contributed by atoms with E-state index in [4.69, 9.17) is 23.2 Å². The van der Waals surface area contributed by atoms with Crippen LogP contribution in [-0.2, 0) is 4.79 Å². The van der Waals surface area contributed by atoms with Gasteiger partial charge in [0.2, 0.25) is 0 Å². The lowest BCUT2D eigenvalue weighted by Crippen LogP contribution is -1.91. The van der Waals surface area contributed by atoms with Crippen LogP contribution in [0.25, 0.3) is 5.57 Å². The Balaban J connectivity index is 3.36. The molecule has 0 aliphatic heterocycles. The minimum atomic E-state index is -0.549. The second-order valence-electron chi connectivity index (χ2n) is 3.16. The second-order valence-corrected chi connectivity index (χ2v) is 3.94. The normalized spacial score (nSPS) is 11.7. The number of carbonyl (C=O) groups excluding carboxylic acids is 1. The van der Waals surface area contributed by atoms with Gasteiger partial charge in [-0.25, -0.2) is 4.39 Å². The molecule has 0 atom stereocenters. The number of halogens is 3. The first kappa shape index (κ1) is 12.2. The van der Waals surface area contributed by atoms with Crippen LogP contribution in [0.15, 0.2) is 18.2 Å². The van der Waals surface area contributed by atoms with Crippen LogP contribution in [0, 0.1) is 5.82 Å². The Labute approximate surface area is 97.5 Å². The maximum absolute atomic E-state index is 13.2. The minimum Gasteiger partial charge on any atom is -0.295 e. The molecule has 1 aromatic rings. The molecule has 0 N–H and O–H groups in total. The van der Waals surface area contributed by atoms with Gasteiger partial charge in [0.1, 0.15) is 5.82 Å². The molecule has 1 aromatic carbocycles. The molecule has 0 unspecified atom stereocenters. The van der Waals surface area contributed by atoms with Gasteiger partial charge in [-0.05, 0) is 37.6 Å². The number of hydrogen-bond acceptors (Lipinski definition) is 1. The van der Waals surface area contributed by atoms with E-state index in [1.54, 1.807) is 6.92 Å². The third-order valence-electron chi connectivity index (χ3n) is 1.86. The van der Waals surface area contributed by atoms with Gasteiger partial charge in [-0.3, -0.25) is 4.79 Å². The van der Waals surface area contributed by atoms with Gasteiger partial charge in [0.15, 0.2) is 5.78 Å². The molecule has 0 aliphatic carbocycles. The monoisotopic (exact) mass is 246 g/mol. The molecule has 0 saturated carbocycles. The summed E-state index contributed by atoms with van der Waals surface area (Å²) in [5.41, 5.74) is 0.922. The topological polar surface area (TPSA) is 17.1 Å². The van der Waals surface area contributed by atoms with E-state index in [1.807, 2.05) is 0 Å². The average molecular weight is 247 g/mol. The number of ketones is 1. The van der Waals surface area contributed by atoms with E-state index >= 15 is 0 Å². The molecular weight excluding hydrogens is 238 g/mol. The van der Waals surface area contributed by atoms with Crippen LogP contribution in [0.5, 0.6) is 0 Å². The van der Waals surface area contributed by atoms with Crippen LogP contribution < -0.4 is 0 Å². The predicted molar refractivity (Wildman–Crippen MR) is 60.8 cm³/mol. The minimum absolute atomic E-state index is 0.0579. The van der Waals surface area contributed by atoms with E-state index in [2.05, 4.69) is 0 Å². The van der Waals surface area contributed by atoms with Crippen molar-refractivity contribution in [2.45, 2.75) is 13.8 Å². The van der Waals surface area contributed by atoms with Crippen molar-refractivity contribution in [2.75, 3.05) is 0 Å². The molecule has 0 bridgehead atoms. The third kappa shape index (κ3) is 2.80. The largest absolute Gasteiger partial charge is 0.295 e. The molecule has 0 heterocycles. The zero-order valence-electron chi connectivity index (χ0n) is 8.27. The fourth-order valence-electron chi connectivity index (χ4n) is 1.27. The molecule has 0 saturated heterocycles. The Kier molecular flexibility index (Phi) is 3.89. The Morgan fingerprint density at radius 3 is 2.47 bits per heavy atom. The summed E-state index contributed by atoms with van der Waals surface area (Å²) >= 11 is 11.6. The van der Waals surface area contributed by atoms with Gasteiger partial charge in [0.25, 0.3) is 0 Å². The van der Waals surface area contributed by atoms with Gasteiger partial charge in [0, 0.05) is 10.6 Å². The summed E-state index contributed by atoms with van der Waals surface area (Å²) < 4.78 is 13.2. The molecular formula is C11H9Cl2FO. The van der Waals surface area contributed by atoms with Gasteiger partial charge in [0.05, 0.1) is 5.02 Å². The number of allylic oxidation sites excluding steroid dienone is 2. The maximum Gasteiger partial charge on any atom is 0.152 e. The number of benzene rings is 1. The van der Waals surface area contributed by atoms with Crippen LogP contribution in [-0.4, -0.2) is 5.78 Å². The highest BCUT2D eigenvalue weighted by Gasteiger charge is 2.12. The van der Waals surface area contributed by atoms with Crippen molar-refractivity contribution >= 4 is 34.6 Å². The molecule has 1 nitrogen and oxygen atoms in total. The smallest absolute Gasteiger partial charge is 0.152 e. The van der Waals surface area contributed by atoms with E-state index in [9.17, 15) is 9.18 Å². The van der Waals surface area contributed by atoms with Gasteiger partial charge in [-0.2, -0.15) is 0 Å². The molecule has 80 valence electrons. The van der Waals surface area contributed by atoms with Crippen molar-refractivity contribution in [1.82, 2.24) is 0 Å². The fraction of sp³-hybridized carbons (Fsp3) is 0.182. The first-order chi connectivity index (χ1) is 6.93.